The van der Waals surface area contributed by atoms with Crippen molar-refractivity contribution in [3.05, 3.63) is 0 Å². The molecule has 0 saturated carbocycles. The van der Waals surface area contributed by atoms with E-state index in [1.54, 1.807) is 0 Å². The summed E-state index contributed by atoms with van der Waals surface area (Å²) in [6.07, 6.45) is 2.91. The molecule has 1 saturated heterocycles. The van der Waals surface area contributed by atoms with Crippen LogP contribution in [0.1, 0.15) is 40.5 Å². The van der Waals surface area contributed by atoms with Gasteiger partial charge in [0, 0.05) is 12.2 Å². The lowest BCUT2D eigenvalue weighted by molar-refractivity contribution is 0.0505. The summed E-state index contributed by atoms with van der Waals surface area (Å²) < 4.78 is 10.0. The predicted molar refractivity (Wildman–Crippen MR) is 47.4 cm³/mol. The summed E-state index contributed by atoms with van der Waals surface area (Å²) in [5, 5.41) is 0. The molecule has 2 nitrogen and oxygen atoms in total. The molecule has 3 heteroatoms. The van der Waals surface area contributed by atoms with Gasteiger partial charge in [-0.25, -0.2) is 0 Å². The van der Waals surface area contributed by atoms with E-state index in [1.807, 2.05) is 13.8 Å². The van der Waals surface area contributed by atoms with Gasteiger partial charge in [-0.05, 0) is 20.3 Å². The zero-order valence-electron chi connectivity index (χ0n) is 7.96. The van der Waals surface area contributed by atoms with Crippen molar-refractivity contribution in [3.8, 4) is 0 Å². The van der Waals surface area contributed by atoms with Gasteiger partial charge in [0.1, 0.15) is 0 Å². The molecular formula is C8H18BO2. The summed E-state index contributed by atoms with van der Waals surface area (Å²) in [5.74, 6) is 0. The predicted octanol–water partition coefficient (Wildman–Crippen LogP) is 2.15. The van der Waals surface area contributed by atoms with E-state index in [0.29, 0.717) is 12.2 Å². The van der Waals surface area contributed by atoms with Crippen LogP contribution in [-0.4, -0.2) is 19.9 Å². The van der Waals surface area contributed by atoms with Crippen LogP contribution in [-0.2, 0) is 9.31 Å². The van der Waals surface area contributed by atoms with E-state index in [9.17, 15) is 0 Å². The fourth-order valence-electron chi connectivity index (χ4n) is 0.800. The normalized spacial score (nSPS) is 29.8. The molecule has 0 bridgehead atoms. The molecule has 2 unspecified atom stereocenters. The van der Waals surface area contributed by atoms with Crippen LogP contribution in [0.2, 0.25) is 0 Å². The van der Waals surface area contributed by atoms with Crippen molar-refractivity contribution in [1.29, 1.82) is 0 Å². The van der Waals surface area contributed by atoms with E-state index in [4.69, 9.17) is 9.31 Å². The number of hydrogen-bond donors (Lipinski definition) is 0. The molecule has 1 aliphatic rings. The van der Waals surface area contributed by atoms with Crippen LogP contribution in [0.3, 0.4) is 0 Å². The first-order valence-electron chi connectivity index (χ1n) is 4.33. The van der Waals surface area contributed by atoms with E-state index >= 15 is 0 Å². The summed E-state index contributed by atoms with van der Waals surface area (Å²) in [7, 11) is 1.43. The van der Waals surface area contributed by atoms with E-state index in [-0.39, 0.29) is 0 Å². The lowest BCUT2D eigenvalue weighted by Crippen LogP contribution is -2.29. The lowest BCUT2D eigenvalue weighted by Gasteiger charge is -2.23. The van der Waals surface area contributed by atoms with E-state index in [1.165, 1.54) is 14.1 Å². The first kappa shape index (κ1) is 11.0. The van der Waals surface area contributed by atoms with Crippen molar-refractivity contribution in [2.45, 2.75) is 52.7 Å². The molecule has 2 atom stereocenters. The summed E-state index contributed by atoms with van der Waals surface area (Å²) >= 11 is 0. The highest BCUT2D eigenvalue weighted by atomic mass is 16.6. The molecule has 0 aromatic heterocycles. The highest BCUT2D eigenvalue weighted by Gasteiger charge is 2.16. The lowest BCUT2D eigenvalue weighted by atomic mass is 10.1. The molecule has 1 radical (unpaired) electrons. The zero-order valence-corrected chi connectivity index (χ0v) is 7.96. The number of hydrogen-bond acceptors (Lipinski definition) is 2. The van der Waals surface area contributed by atoms with Crippen LogP contribution in [0.15, 0.2) is 0 Å². The molecule has 1 rings (SSSR count). The molecule has 0 aromatic rings. The van der Waals surface area contributed by atoms with Gasteiger partial charge >= 0.3 is 7.69 Å². The molecule has 0 amide bonds. The highest BCUT2D eigenvalue weighted by Crippen LogP contribution is 2.09. The van der Waals surface area contributed by atoms with Gasteiger partial charge in [-0.2, -0.15) is 0 Å². The fraction of sp³-hybridized carbons (Fsp3) is 1.00. The third-order valence-electron chi connectivity index (χ3n) is 1.24. The third kappa shape index (κ3) is 6.39. The quantitative estimate of drug-likeness (QED) is 0.501. The second-order valence-corrected chi connectivity index (χ2v) is 2.93. The standard InChI is InChI=1S/C5H10BO2.C3H8/c1-4-3-5(2)8-6-7-4;1-3-2/h4-5H,3H2,1-2H3;3H2,1-2H3. The Kier molecular flexibility index (Phi) is 6.67. The summed E-state index contributed by atoms with van der Waals surface area (Å²) in [6.45, 7) is 8.32. The minimum absolute atomic E-state index is 0.332. The van der Waals surface area contributed by atoms with Crippen LogP contribution >= 0.6 is 0 Å². The molecule has 65 valence electrons. The van der Waals surface area contributed by atoms with Gasteiger partial charge in [0.25, 0.3) is 0 Å². The van der Waals surface area contributed by atoms with Crippen LogP contribution in [0.5, 0.6) is 0 Å². The molecule has 0 aromatic carbocycles. The second-order valence-electron chi connectivity index (χ2n) is 2.93. The van der Waals surface area contributed by atoms with Crippen LogP contribution in [0.4, 0.5) is 0 Å². The van der Waals surface area contributed by atoms with E-state index in [0.717, 1.165) is 6.42 Å². The second kappa shape index (κ2) is 6.68. The maximum absolute atomic E-state index is 5.00. The van der Waals surface area contributed by atoms with Gasteiger partial charge in [-0.1, -0.05) is 20.3 Å². The summed E-state index contributed by atoms with van der Waals surface area (Å²) in [4.78, 5) is 0. The van der Waals surface area contributed by atoms with E-state index < -0.39 is 0 Å². The first-order chi connectivity index (χ1) is 5.20. The monoisotopic (exact) mass is 157 g/mol. The molecule has 1 aliphatic heterocycles. The van der Waals surface area contributed by atoms with Gasteiger partial charge in [0.05, 0.1) is 0 Å². The Balaban J connectivity index is 0.000000292. The summed E-state index contributed by atoms with van der Waals surface area (Å²) in [6, 6.07) is 0. The third-order valence-corrected chi connectivity index (χ3v) is 1.24. The van der Waals surface area contributed by atoms with Gasteiger partial charge in [0.15, 0.2) is 0 Å². The topological polar surface area (TPSA) is 18.5 Å². The molecule has 1 heterocycles. The van der Waals surface area contributed by atoms with Gasteiger partial charge in [-0.15, -0.1) is 0 Å². The molecule has 11 heavy (non-hydrogen) atoms. The molecule has 0 aliphatic carbocycles. The minimum atomic E-state index is 0.332. The van der Waals surface area contributed by atoms with Gasteiger partial charge < -0.3 is 9.31 Å². The Hall–Kier alpha value is -0.0151. The average Bonchev–Trinajstić information content (AvgIpc) is 1.88. The van der Waals surface area contributed by atoms with Crippen molar-refractivity contribution >= 4 is 7.69 Å². The largest absolute Gasteiger partial charge is 0.488 e. The molecule has 0 spiro atoms. The highest BCUT2D eigenvalue weighted by molar-refractivity contribution is 6.18. The van der Waals surface area contributed by atoms with Crippen molar-refractivity contribution < 1.29 is 9.31 Å². The first-order valence-corrected chi connectivity index (χ1v) is 4.33. The Bertz CT molecular complexity index is 80.2. The van der Waals surface area contributed by atoms with Crippen molar-refractivity contribution in [2.75, 3.05) is 0 Å². The van der Waals surface area contributed by atoms with Crippen LogP contribution in [0, 0.1) is 0 Å². The van der Waals surface area contributed by atoms with Gasteiger partial charge in [-0.3, -0.25) is 0 Å². The maximum atomic E-state index is 5.00. The molecular weight excluding hydrogens is 139 g/mol. The van der Waals surface area contributed by atoms with Crippen molar-refractivity contribution in [3.63, 3.8) is 0 Å². The Morgan fingerprint density at radius 1 is 1.18 bits per heavy atom. The van der Waals surface area contributed by atoms with Crippen LogP contribution < -0.4 is 0 Å². The van der Waals surface area contributed by atoms with Gasteiger partial charge in [0.2, 0.25) is 0 Å². The Labute approximate surface area is 70.6 Å². The minimum Gasteiger partial charge on any atom is -0.411 e. The average molecular weight is 157 g/mol. The molecule has 0 N–H and O–H groups in total. The Morgan fingerprint density at radius 3 is 1.73 bits per heavy atom. The van der Waals surface area contributed by atoms with Crippen LogP contribution in [0.25, 0.3) is 0 Å². The van der Waals surface area contributed by atoms with Crippen molar-refractivity contribution in [1.82, 2.24) is 0 Å². The van der Waals surface area contributed by atoms with Crippen molar-refractivity contribution in [2.24, 2.45) is 0 Å². The maximum Gasteiger partial charge on any atom is 0.488 e. The Morgan fingerprint density at radius 2 is 1.55 bits per heavy atom. The SMILES string of the molecule is CC1CC(C)O[B]O1.CCC. The smallest absolute Gasteiger partial charge is 0.411 e. The number of rotatable bonds is 0. The fourth-order valence-corrected chi connectivity index (χ4v) is 0.800. The van der Waals surface area contributed by atoms with E-state index in [2.05, 4.69) is 13.8 Å². The zero-order chi connectivity index (χ0) is 8.69. The summed E-state index contributed by atoms with van der Waals surface area (Å²) in [5.41, 5.74) is 0. The molecule has 1 fully saturated rings.